The molecule has 2 rings (SSSR count). The van der Waals surface area contributed by atoms with Crippen LogP contribution in [0.2, 0.25) is 0 Å². The second-order valence-electron chi connectivity index (χ2n) is 5.98. The van der Waals surface area contributed by atoms with Crippen LogP contribution in [0.4, 0.5) is 5.69 Å². The van der Waals surface area contributed by atoms with Gasteiger partial charge in [-0.2, -0.15) is 0 Å². The van der Waals surface area contributed by atoms with E-state index in [-0.39, 0.29) is 12.0 Å². The smallest absolute Gasteiger partial charge is 0.339 e. The van der Waals surface area contributed by atoms with Gasteiger partial charge >= 0.3 is 11.9 Å². The number of nitrogens with zero attached hydrogens (tertiary/aromatic N) is 2. The number of hydrogen-bond acceptors (Lipinski definition) is 6. The standard InChI is InChI=1S/C17H23N3O5/c1-19-7-9-20(10-8-19)14(16(22)23)11-15(21)18-13-6-4-3-5-12(13)17(24)25-2/h3-6,14H,7-11H2,1-2H3,(H,18,21)(H,22,23)/t14-/m1/s1. The largest absolute Gasteiger partial charge is 0.480 e. The number of carboxylic acid groups (broad SMARTS) is 1. The van der Waals surface area contributed by atoms with E-state index in [1.165, 1.54) is 13.2 Å². The fourth-order valence-corrected chi connectivity index (χ4v) is 2.76. The minimum atomic E-state index is -1.03. The van der Waals surface area contributed by atoms with Crippen molar-refractivity contribution in [3.63, 3.8) is 0 Å². The van der Waals surface area contributed by atoms with Crippen LogP contribution >= 0.6 is 0 Å². The van der Waals surface area contributed by atoms with Crippen molar-refractivity contribution in [1.82, 2.24) is 9.80 Å². The van der Waals surface area contributed by atoms with Crippen LogP contribution in [-0.2, 0) is 14.3 Å². The molecule has 1 heterocycles. The number of aliphatic carboxylic acids is 1. The van der Waals surface area contributed by atoms with E-state index in [1.807, 2.05) is 7.05 Å². The molecule has 1 amide bonds. The Bertz CT molecular complexity index is 641. The molecule has 1 fully saturated rings. The van der Waals surface area contributed by atoms with Crippen LogP contribution in [0.3, 0.4) is 0 Å². The molecule has 1 aromatic carbocycles. The maximum atomic E-state index is 12.3. The van der Waals surface area contributed by atoms with Crippen LogP contribution in [0.25, 0.3) is 0 Å². The number of piperazine rings is 1. The number of nitrogens with one attached hydrogen (secondary N) is 1. The highest BCUT2D eigenvalue weighted by Crippen LogP contribution is 2.17. The molecular weight excluding hydrogens is 326 g/mol. The molecule has 0 saturated carbocycles. The summed E-state index contributed by atoms with van der Waals surface area (Å²) >= 11 is 0. The maximum Gasteiger partial charge on any atom is 0.339 e. The number of likely N-dealkylation sites (N-methyl/N-ethyl adjacent to an activating group) is 1. The van der Waals surface area contributed by atoms with Gasteiger partial charge in [-0.05, 0) is 19.2 Å². The highest BCUT2D eigenvalue weighted by atomic mass is 16.5. The number of anilines is 1. The third-order valence-corrected chi connectivity index (χ3v) is 4.25. The number of rotatable bonds is 6. The summed E-state index contributed by atoms with van der Waals surface area (Å²) in [5.41, 5.74) is 0.534. The summed E-state index contributed by atoms with van der Waals surface area (Å²) in [7, 11) is 3.23. The van der Waals surface area contributed by atoms with E-state index < -0.39 is 23.9 Å². The van der Waals surface area contributed by atoms with Gasteiger partial charge in [-0.15, -0.1) is 0 Å². The van der Waals surface area contributed by atoms with Crippen LogP contribution < -0.4 is 5.32 Å². The second kappa shape index (κ2) is 8.59. The Morgan fingerprint density at radius 3 is 2.44 bits per heavy atom. The normalized spacial score (nSPS) is 16.9. The molecule has 0 radical (unpaired) electrons. The topological polar surface area (TPSA) is 99.2 Å². The Kier molecular flexibility index (Phi) is 6.49. The van der Waals surface area contributed by atoms with Crippen molar-refractivity contribution in [2.24, 2.45) is 0 Å². The highest BCUT2D eigenvalue weighted by Gasteiger charge is 2.30. The lowest BCUT2D eigenvalue weighted by Gasteiger charge is -2.35. The van der Waals surface area contributed by atoms with Gasteiger partial charge in [0.15, 0.2) is 0 Å². The molecular formula is C17H23N3O5. The number of carbonyl (C=O) groups is 3. The predicted molar refractivity (Wildman–Crippen MR) is 91.5 cm³/mol. The van der Waals surface area contributed by atoms with E-state index >= 15 is 0 Å². The quantitative estimate of drug-likeness (QED) is 0.722. The first-order valence-corrected chi connectivity index (χ1v) is 8.05. The number of para-hydroxylation sites is 1. The van der Waals surface area contributed by atoms with Crippen LogP contribution in [0.1, 0.15) is 16.8 Å². The molecule has 2 N–H and O–H groups in total. The van der Waals surface area contributed by atoms with Crippen molar-refractivity contribution in [2.45, 2.75) is 12.5 Å². The highest BCUT2D eigenvalue weighted by molar-refractivity contribution is 6.02. The molecule has 0 unspecified atom stereocenters. The number of benzene rings is 1. The molecule has 0 aliphatic carbocycles. The number of esters is 1. The van der Waals surface area contributed by atoms with Crippen molar-refractivity contribution in [3.8, 4) is 0 Å². The number of methoxy groups -OCH3 is 1. The van der Waals surface area contributed by atoms with Gasteiger partial charge in [0.1, 0.15) is 6.04 Å². The molecule has 1 atom stereocenters. The number of carboxylic acids is 1. The maximum absolute atomic E-state index is 12.3. The molecule has 136 valence electrons. The molecule has 8 nitrogen and oxygen atoms in total. The van der Waals surface area contributed by atoms with Crippen LogP contribution in [-0.4, -0.2) is 79.1 Å². The Labute approximate surface area is 146 Å². The van der Waals surface area contributed by atoms with E-state index in [4.69, 9.17) is 0 Å². The first-order valence-electron chi connectivity index (χ1n) is 8.05. The zero-order chi connectivity index (χ0) is 18.4. The van der Waals surface area contributed by atoms with Crippen molar-refractivity contribution in [1.29, 1.82) is 0 Å². The Balaban J connectivity index is 2.05. The van der Waals surface area contributed by atoms with Gasteiger partial charge in [0.25, 0.3) is 0 Å². The molecule has 1 aliphatic heterocycles. The van der Waals surface area contributed by atoms with Crippen LogP contribution in [0.15, 0.2) is 24.3 Å². The summed E-state index contributed by atoms with van der Waals surface area (Å²) in [5.74, 6) is -2.05. The minimum absolute atomic E-state index is 0.186. The molecule has 0 aromatic heterocycles. The lowest BCUT2D eigenvalue weighted by molar-refractivity contribution is -0.145. The minimum Gasteiger partial charge on any atom is -0.480 e. The van der Waals surface area contributed by atoms with E-state index in [2.05, 4.69) is 15.0 Å². The van der Waals surface area contributed by atoms with Crippen LogP contribution in [0, 0.1) is 0 Å². The van der Waals surface area contributed by atoms with E-state index in [0.717, 1.165) is 13.1 Å². The molecule has 1 saturated heterocycles. The van der Waals surface area contributed by atoms with Gasteiger partial charge in [-0.3, -0.25) is 14.5 Å². The number of hydrogen-bond donors (Lipinski definition) is 2. The van der Waals surface area contributed by atoms with Crippen molar-refractivity contribution in [3.05, 3.63) is 29.8 Å². The predicted octanol–water partition coefficient (Wildman–Crippen LogP) is 0.502. The van der Waals surface area contributed by atoms with Crippen molar-refractivity contribution >= 4 is 23.5 Å². The Morgan fingerprint density at radius 1 is 1.20 bits per heavy atom. The van der Waals surface area contributed by atoms with Gasteiger partial charge in [0.05, 0.1) is 24.8 Å². The van der Waals surface area contributed by atoms with Gasteiger partial charge in [-0.1, -0.05) is 12.1 Å². The third-order valence-electron chi connectivity index (χ3n) is 4.25. The number of ether oxygens (including phenoxy) is 1. The summed E-state index contributed by atoms with van der Waals surface area (Å²) in [6.45, 7) is 2.71. The zero-order valence-corrected chi connectivity index (χ0v) is 14.4. The zero-order valence-electron chi connectivity index (χ0n) is 14.4. The lowest BCUT2D eigenvalue weighted by Crippen LogP contribution is -2.52. The molecule has 1 aliphatic rings. The first kappa shape index (κ1) is 18.9. The van der Waals surface area contributed by atoms with Gasteiger partial charge in [-0.25, -0.2) is 4.79 Å². The lowest BCUT2D eigenvalue weighted by atomic mass is 10.1. The number of amides is 1. The SMILES string of the molecule is COC(=O)c1ccccc1NC(=O)C[C@H](C(=O)O)N1CCN(C)CC1. The van der Waals surface area contributed by atoms with Gasteiger partial charge in [0.2, 0.25) is 5.91 Å². The average Bonchev–Trinajstić information content (AvgIpc) is 2.60. The van der Waals surface area contributed by atoms with E-state index in [1.54, 1.807) is 23.1 Å². The summed E-state index contributed by atoms with van der Waals surface area (Å²) in [4.78, 5) is 39.6. The van der Waals surface area contributed by atoms with E-state index in [9.17, 15) is 19.5 Å². The summed E-state index contributed by atoms with van der Waals surface area (Å²) in [6.07, 6.45) is -0.186. The fourth-order valence-electron chi connectivity index (χ4n) is 2.76. The van der Waals surface area contributed by atoms with E-state index in [0.29, 0.717) is 18.8 Å². The van der Waals surface area contributed by atoms with Gasteiger partial charge in [0, 0.05) is 26.2 Å². The van der Waals surface area contributed by atoms with Crippen LogP contribution in [0.5, 0.6) is 0 Å². The average molecular weight is 349 g/mol. The summed E-state index contributed by atoms with van der Waals surface area (Å²) in [5, 5.41) is 12.1. The molecule has 0 spiro atoms. The Morgan fingerprint density at radius 2 is 1.84 bits per heavy atom. The summed E-state index contributed by atoms with van der Waals surface area (Å²) in [6, 6.07) is 5.56. The summed E-state index contributed by atoms with van der Waals surface area (Å²) < 4.78 is 4.69. The monoisotopic (exact) mass is 349 g/mol. The first-order chi connectivity index (χ1) is 11.9. The Hall–Kier alpha value is -2.45. The number of carbonyl (C=O) groups excluding carboxylic acids is 2. The second-order valence-corrected chi connectivity index (χ2v) is 5.98. The van der Waals surface area contributed by atoms with Gasteiger partial charge < -0.3 is 20.1 Å². The van der Waals surface area contributed by atoms with Crippen molar-refractivity contribution in [2.75, 3.05) is 45.7 Å². The molecule has 25 heavy (non-hydrogen) atoms. The third kappa shape index (κ3) is 5.01. The van der Waals surface area contributed by atoms with Crippen molar-refractivity contribution < 1.29 is 24.2 Å². The fraction of sp³-hybridized carbons (Fsp3) is 0.471. The molecule has 0 bridgehead atoms. The molecule has 8 heteroatoms. The molecule has 1 aromatic rings.